The second kappa shape index (κ2) is 7.94. The Balaban J connectivity index is 1.95. The fraction of sp³-hybridized carbons (Fsp3) is 0.235. The van der Waals surface area contributed by atoms with Crippen molar-refractivity contribution in [2.24, 2.45) is 0 Å². The fourth-order valence-corrected chi connectivity index (χ4v) is 2.25. The van der Waals surface area contributed by atoms with Crippen molar-refractivity contribution in [2.75, 3.05) is 12.4 Å². The molecule has 6 heteroatoms. The van der Waals surface area contributed by atoms with E-state index in [1.165, 1.54) is 12.1 Å². The Hall–Kier alpha value is -2.11. The molecule has 2 aromatic rings. The van der Waals surface area contributed by atoms with E-state index in [0.717, 1.165) is 17.4 Å². The number of carbonyl (C=O) groups excluding carboxylic acids is 1. The molecular formula is C17H18ClFN2O2. The molecule has 0 unspecified atom stereocenters. The Morgan fingerprint density at radius 3 is 2.74 bits per heavy atom. The van der Waals surface area contributed by atoms with Crippen molar-refractivity contribution < 1.29 is 13.9 Å². The van der Waals surface area contributed by atoms with Gasteiger partial charge >= 0.3 is 0 Å². The summed E-state index contributed by atoms with van der Waals surface area (Å²) in [7, 11) is 1.60. The number of hydrogen-bond acceptors (Lipinski definition) is 3. The zero-order valence-electron chi connectivity index (χ0n) is 12.9. The normalized spacial score (nSPS) is 11.8. The van der Waals surface area contributed by atoms with Gasteiger partial charge in [0.05, 0.1) is 23.9 Å². The number of rotatable bonds is 6. The van der Waals surface area contributed by atoms with Crippen LogP contribution in [0.1, 0.15) is 12.5 Å². The van der Waals surface area contributed by atoms with Gasteiger partial charge < -0.3 is 15.4 Å². The lowest BCUT2D eigenvalue weighted by atomic mass is 10.2. The standard InChI is InChI=1S/C17H18ClFN2O2/c1-11(20-10-12-5-3-4-6-16(12)23-2)17(22)21-15-8-7-13(19)9-14(15)18/h3-9,11,20H,10H2,1-2H3,(H,21,22)/t11-/m1/s1. The number of methoxy groups -OCH3 is 1. The zero-order valence-corrected chi connectivity index (χ0v) is 13.7. The molecule has 0 radical (unpaired) electrons. The summed E-state index contributed by atoms with van der Waals surface area (Å²) < 4.78 is 18.3. The number of halogens is 2. The van der Waals surface area contributed by atoms with Crippen LogP contribution in [0.25, 0.3) is 0 Å². The summed E-state index contributed by atoms with van der Waals surface area (Å²) in [5, 5.41) is 5.95. The van der Waals surface area contributed by atoms with E-state index in [-0.39, 0.29) is 10.9 Å². The van der Waals surface area contributed by atoms with Crippen molar-refractivity contribution in [2.45, 2.75) is 19.5 Å². The molecule has 2 N–H and O–H groups in total. The van der Waals surface area contributed by atoms with Crippen molar-refractivity contribution in [3.63, 3.8) is 0 Å². The number of anilines is 1. The SMILES string of the molecule is COc1ccccc1CN[C@H](C)C(=O)Nc1ccc(F)cc1Cl. The molecule has 2 aromatic carbocycles. The number of para-hydroxylation sites is 1. The Morgan fingerprint density at radius 2 is 2.04 bits per heavy atom. The summed E-state index contributed by atoms with van der Waals surface area (Å²) in [6.07, 6.45) is 0. The largest absolute Gasteiger partial charge is 0.496 e. The second-order valence-electron chi connectivity index (χ2n) is 5.03. The smallest absolute Gasteiger partial charge is 0.241 e. The van der Waals surface area contributed by atoms with Gasteiger partial charge in [-0.2, -0.15) is 0 Å². The van der Waals surface area contributed by atoms with E-state index in [1.807, 2.05) is 24.3 Å². The zero-order chi connectivity index (χ0) is 16.8. The molecule has 23 heavy (non-hydrogen) atoms. The van der Waals surface area contributed by atoms with Crippen LogP contribution >= 0.6 is 11.6 Å². The first-order valence-corrected chi connectivity index (χ1v) is 7.50. The summed E-state index contributed by atoms with van der Waals surface area (Å²) in [4.78, 5) is 12.2. The van der Waals surface area contributed by atoms with Gasteiger partial charge in [-0.05, 0) is 31.2 Å². The fourth-order valence-electron chi connectivity index (χ4n) is 2.04. The molecule has 0 saturated carbocycles. The highest BCUT2D eigenvalue weighted by Gasteiger charge is 2.15. The van der Waals surface area contributed by atoms with Crippen LogP contribution in [0.15, 0.2) is 42.5 Å². The van der Waals surface area contributed by atoms with Gasteiger partial charge in [-0.25, -0.2) is 4.39 Å². The van der Waals surface area contributed by atoms with Crippen LogP contribution in [0.3, 0.4) is 0 Å². The maximum Gasteiger partial charge on any atom is 0.241 e. The molecule has 0 bridgehead atoms. The lowest BCUT2D eigenvalue weighted by molar-refractivity contribution is -0.117. The highest BCUT2D eigenvalue weighted by Crippen LogP contribution is 2.22. The minimum atomic E-state index is -0.457. The lowest BCUT2D eigenvalue weighted by Gasteiger charge is -2.16. The maximum absolute atomic E-state index is 13.0. The molecule has 1 amide bonds. The van der Waals surface area contributed by atoms with E-state index in [0.29, 0.717) is 12.2 Å². The third kappa shape index (κ3) is 4.68. The van der Waals surface area contributed by atoms with Gasteiger partial charge in [0.25, 0.3) is 0 Å². The third-order valence-corrected chi connectivity index (χ3v) is 3.69. The molecule has 0 aliphatic rings. The van der Waals surface area contributed by atoms with Gasteiger partial charge in [-0.15, -0.1) is 0 Å². The van der Waals surface area contributed by atoms with Gasteiger partial charge in [0, 0.05) is 12.1 Å². The number of amides is 1. The predicted molar refractivity (Wildman–Crippen MR) is 89.3 cm³/mol. The van der Waals surface area contributed by atoms with Crippen molar-refractivity contribution in [1.29, 1.82) is 0 Å². The molecule has 0 fully saturated rings. The predicted octanol–water partition coefficient (Wildman–Crippen LogP) is 3.60. The topological polar surface area (TPSA) is 50.4 Å². The molecule has 122 valence electrons. The number of carbonyl (C=O) groups is 1. The average Bonchev–Trinajstić information content (AvgIpc) is 2.55. The minimum absolute atomic E-state index is 0.162. The van der Waals surface area contributed by atoms with E-state index in [4.69, 9.17) is 16.3 Å². The Kier molecular flexibility index (Phi) is 5.96. The highest BCUT2D eigenvalue weighted by atomic mass is 35.5. The van der Waals surface area contributed by atoms with E-state index >= 15 is 0 Å². The first kappa shape index (κ1) is 17.2. The molecule has 0 spiro atoms. The van der Waals surface area contributed by atoms with Crippen molar-refractivity contribution in [3.05, 3.63) is 58.9 Å². The van der Waals surface area contributed by atoms with Crippen LogP contribution in [-0.4, -0.2) is 19.1 Å². The lowest BCUT2D eigenvalue weighted by Crippen LogP contribution is -2.37. The molecule has 4 nitrogen and oxygen atoms in total. The Labute approximate surface area is 139 Å². The Bertz CT molecular complexity index is 694. The number of ether oxygens (including phenoxy) is 1. The number of nitrogens with one attached hydrogen (secondary N) is 2. The molecule has 1 atom stereocenters. The van der Waals surface area contributed by atoms with Crippen molar-refractivity contribution in [1.82, 2.24) is 5.32 Å². The van der Waals surface area contributed by atoms with E-state index in [9.17, 15) is 9.18 Å². The van der Waals surface area contributed by atoms with E-state index in [2.05, 4.69) is 10.6 Å². The molecular weight excluding hydrogens is 319 g/mol. The maximum atomic E-state index is 13.0. The molecule has 0 aromatic heterocycles. The van der Waals surface area contributed by atoms with Crippen LogP contribution in [0.2, 0.25) is 5.02 Å². The van der Waals surface area contributed by atoms with Crippen LogP contribution < -0.4 is 15.4 Å². The minimum Gasteiger partial charge on any atom is -0.496 e. The van der Waals surface area contributed by atoms with Crippen molar-refractivity contribution in [3.8, 4) is 5.75 Å². The van der Waals surface area contributed by atoms with Crippen LogP contribution in [-0.2, 0) is 11.3 Å². The van der Waals surface area contributed by atoms with Crippen LogP contribution in [0.5, 0.6) is 5.75 Å². The summed E-state index contributed by atoms with van der Waals surface area (Å²) in [5.41, 5.74) is 1.33. The monoisotopic (exact) mass is 336 g/mol. The Morgan fingerprint density at radius 1 is 1.30 bits per heavy atom. The van der Waals surface area contributed by atoms with Gasteiger partial charge in [0.2, 0.25) is 5.91 Å². The summed E-state index contributed by atoms with van der Waals surface area (Å²) in [6.45, 7) is 2.22. The third-order valence-electron chi connectivity index (χ3n) is 3.37. The summed E-state index contributed by atoms with van der Waals surface area (Å²) in [5.74, 6) is 0.0536. The molecule has 0 aliphatic carbocycles. The van der Waals surface area contributed by atoms with E-state index in [1.54, 1.807) is 14.0 Å². The molecule has 0 aliphatic heterocycles. The molecule has 2 rings (SSSR count). The quantitative estimate of drug-likeness (QED) is 0.847. The van der Waals surface area contributed by atoms with Gasteiger partial charge in [-0.3, -0.25) is 4.79 Å². The van der Waals surface area contributed by atoms with Crippen LogP contribution in [0.4, 0.5) is 10.1 Å². The van der Waals surface area contributed by atoms with Crippen molar-refractivity contribution >= 4 is 23.2 Å². The highest BCUT2D eigenvalue weighted by molar-refractivity contribution is 6.33. The van der Waals surface area contributed by atoms with Crippen LogP contribution in [0, 0.1) is 5.82 Å². The van der Waals surface area contributed by atoms with Gasteiger partial charge in [-0.1, -0.05) is 29.8 Å². The number of hydrogen-bond donors (Lipinski definition) is 2. The average molecular weight is 337 g/mol. The first-order valence-electron chi connectivity index (χ1n) is 7.12. The number of benzene rings is 2. The molecule has 0 saturated heterocycles. The molecule has 0 heterocycles. The summed E-state index contributed by atoms with van der Waals surface area (Å²) in [6, 6.07) is 11.0. The van der Waals surface area contributed by atoms with Gasteiger partial charge in [0.15, 0.2) is 0 Å². The second-order valence-corrected chi connectivity index (χ2v) is 5.44. The summed E-state index contributed by atoms with van der Waals surface area (Å²) >= 11 is 5.90. The van der Waals surface area contributed by atoms with Gasteiger partial charge in [0.1, 0.15) is 11.6 Å². The first-order chi connectivity index (χ1) is 11.0. The van der Waals surface area contributed by atoms with E-state index < -0.39 is 11.9 Å².